The molecule has 172 valence electrons. The first kappa shape index (κ1) is 21.9. The van der Waals surface area contributed by atoms with E-state index in [4.69, 9.17) is 9.47 Å². The van der Waals surface area contributed by atoms with Crippen LogP contribution in [-0.4, -0.2) is 86.2 Å². The zero-order valence-corrected chi connectivity index (χ0v) is 17.4. The molecule has 3 aliphatic rings. The molecule has 8 nitrogen and oxygen atoms in total. The summed E-state index contributed by atoms with van der Waals surface area (Å²) in [6, 6.07) is 1.06. The summed E-state index contributed by atoms with van der Waals surface area (Å²) >= 11 is 0. The summed E-state index contributed by atoms with van der Waals surface area (Å²) in [6.07, 6.45) is -3.98. The predicted molar refractivity (Wildman–Crippen MR) is 107 cm³/mol. The summed E-state index contributed by atoms with van der Waals surface area (Å²) in [5, 5.41) is 0. The average molecular weight is 444 g/mol. The number of halogens is 3. The molecule has 3 aliphatic heterocycles. The van der Waals surface area contributed by atoms with Gasteiger partial charge in [0.25, 0.3) is 11.5 Å². The lowest BCUT2D eigenvalue weighted by Crippen LogP contribution is -2.61. The van der Waals surface area contributed by atoms with Gasteiger partial charge in [0, 0.05) is 50.1 Å². The van der Waals surface area contributed by atoms with Crippen molar-refractivity contribution >= 4 is 17.4 Å². The van der Waals surface area contributed by atoms with Gasteiger partial charge in [-0.15, -0.1) is 0 Å². The van der Waals surface area contributed by atoms with E-state index in [0.29, 0.717) is 38.5 Å². The number of nitrogens with zero attached hydrogens (tertiary/aromatic N) is 3. The van der Waals surface area contributed by atoms with Crippen molar-refractivity contribution in [3.63, 3.8) is 0 Å². The Morgan fingerprint density at radius 3 is 2.65 bits per heavy atom. The summed E-state index contributed by atoms with van der Waals surface area (Å²) < 4.78 is 52.7. The van der Waals surface area contributed by atoms with Crippen LogP contribution in [0.25, 0.3) is 0 Å². The highest BCUT2D eigenvalue weighted by Gasteiger charge is 2.48. The van der Waals surface area contributed by atoms with Gasteiger partial charge in [0.1, 0.15) is 18.0 Å². The lowest BCUT2D eigenvalue weighted by molar-refractivity contribution is -0.164. The minimum atomic E-state index is -4.57. The molecule has 0 radical (unpaired) electrons. The number of hydrogen-bond acceptors (Lipinski definition) is 6. The topological polar surface area (TPSA) is 78.1 Å². The number of aromatic nitrogens is 1. The summed E-state index contributed by atoms with van der Waals surface area (Å²) in [7, 11) is 0. The van der Waals surface area contributed by atoms with E-state index in [-0.39, 0.29) is 24.9 Å². The van der Waals surface area contributed by atoms with Crippen molar-refractivity contribution in [1.29, 1.82) is 0 Å². The fraction of sp³-hybridized carbons (Fsp3) is 0.700. The summed E-state index contributed by atoms with van der Waals surface area (Å²) in [4.78, 5) is 31.8. The Hall–Kier alpha value is -2.27. The van der Waals surface area contributed by atoms with Gasteiger partial charge < -0.3 is 29.2 Å². The highest BCUT2D eigenvalue weighted by Crippen LogP contribution is 2.33. The van der Waals surface area contributed by atoms with E-state index >= 15 is 0 Å². The highest BCUT2D eigenvalue weighted by molar-refractivity contribution is 5.81. The molecule has 0 aliphatic carbocycles. The van der Waals surface area contributed by atoms with Crippen molar-refractivity contribution in [3.05, 3.63) is 22.5 Å². The van der Waals surface area contributed by atoms with E-state index in [1.807, 2.05) is 11.8 Å². The van der Waals surface area contributed by atoms with Crippen LogP contribution >= 0.6 is 0 Å². The molecule has 3 saturated heterocycles. The SMILES string of the molecule is C[C@@H]1COCCN1c1cc(N2CCN(C(=O)C3CCCO3)C[C@H]2C(F)(F)F)[nH]c(=O)c1. The van der Waals surface area contributed by atoms with Crippen molar-refractivity contribution in [3.8, 4) is 0 Å². The molecule has 1 amide bonds. The van der Waals surface area contributed by atoms with Crippen LogP contribution in [0.5, 0.6) is 0 Å². The Labute approximate surface area is 177 Å². The number of ether oxygens (including phenoxy) is 2. The Balaban J connectivity index is 1.59. The number of rotatable bonds is 3. The number of pyridine rings is 1. The maximum absolute atomic E-state index is 14.0. The van der Waals surface area contributed by atoms with Crippen LogP contribution in [0.3, 0.4) is 0 Å². The largest absolute Gasteiger partial charge is 0.410 e. The van der Waals surface area contributed by atoms with Gasteiger partial charge in [-0.3, -0.25) is 9.59 Å². The molecule has 1 N–H and O–H groups in total. The minimum Gasteiger partial charge on any atom is -0.377 e. The Morgan fingerprint density at radius 2 is 1.97 bits per heavy atom. The summed E-state index contributed by atoms with van der Waals surface area (Å²) in [5.74, 6) is -0.288. The second-order valence-corrected chi connectivity index (χ2v) is 8.24. The Bertz CT molecular complexity index is 856. The third kappa shape index (κ3) is 4.67. The van der Waals surface area contributed by atoms with Gasteiger partial charge >= 0.3 is 6.18 Å². The number of carbonyl (C=O) groups excluding carboxylic acids is 1. The van der Waals surface area contributed by atoms with Gasteiger partial charge in [-0.25, -0.2) is 0 Å². The van der Waals surface area contributed by atoms with Crippen molar-refractivity contribution in [2.75, 3.05) is 55.8 Å². The normalized spacial score (nSPS) is 27.6. The standard InChI is InChI=1S/C20H27F3N4O4/c1-13-12-30-8-6-26(13)14-9-17(24-18(28)10-14)27-5-4-25(11-16(27)20(21,22)23)19(29)15-3-2-7-31-15/h9-10,13,15-16H,2-8,11-12H2,1H3,(H,24,28)/t13-,15?,16+/m1/s1. The third-order valence-electron chi connectivity index (χ3n) is 6.10. The number of anilines is 2. The number of alkyl halides is 3. The monoisotopic (exact) mass is 444 g/mol. The van der Waals surface area contributed by atoms with Crippen LogP contribution < -0.4 is 15.4 Å². The van der Waals surface area contributed by atoms with Crippen LogP contribution in [0.15, 0.2) is 16.9 Å². The van der Waals surface area contributed by atoms with E-state index in [1.54, 1.807) is 6.07 Å². The van der Waals surface area contributed by atoms with Crippen molar-refractivity contribution < 1.29 is 27.4 Å². The Morgan fingerprint density at radius 1 is 1.16 bits per heavy atom. The number of H-pyrrole nitrogens is 1. The maximum atomic E-state index is 14.0. The van der Waals surface area contributed by atoms with Crippen LogP contribution in [0.2, 0.25) is 0 Å². The molecule has 0 saturated carbocycles. The molecule has 0 aromatic carbocycles. The molecule has 0 spiro atoms. The van der Waals surface area contributed by atoms with Crippen molar-refractivity contribution in [2.24, 2.45) is 0 Å². The number of nitrogens with one attached hydrogen (secondary N) is 1. The molecule has 0 bridgehead atoms. The summed E-state index contributed by atoms with van der Waals surface area (Å²) in [6.45, 7) is 3.51. The van der Waals surface area contributed by atoms with E-state index in [2.05, 4.69) is 4.98 Å². The molecular weight excluding hydrogens is 417 g/mol. The fourth-order valence-electron chi connectivity index (χ4n) is 4.47. The molecular formula is C20H27F3N4O4. The smallest absolute Gasteiger partial charge is 0.377 e. The summed E-state index contributed by atoms with van der Waals surface area (Å²) in [5.41, 5.74) is 0.0957. The quantitative estimate of drug-likeness (QED) is 0.759. The number of piperazine rings is 1. The molecule has 4 rings (SSSR count). The van der Waals surface area contributed by atoms with Crippen LogP contribution in [0.4, 0.5) is 24.7 Å². The first-order chi connectivity index (χ1) is 14.7. The van der Waals surface area contributed by atoms with Crippen LogP contribution in [-0.2, 0) is 14.3 Å². The van der Waals surface area contributed by atoms with E-state index in [1.165, 1.54) is 11.0 Å². The molecule has 11 heteroatoms. The first-order valence-electron chi connectivity index (χ1n) is 10.6. The molecule has 1 aromatic heterocycles. The van der Waals surface area contributed by atoms with Gasteiger partial charge in [0.2, 0.25) is 0 Å². The molecule has 31 heavy (non-hydrogen) atoms. The molecule has 1 unspecified atom stereocenters. The van der Waals surface area contributed by atoms with Gasteiger partial charge in [0.15, 0.2) is 0 Å². The average Bonchev–Trinajstić information content (AvgIpc) is 3.27. The number of hydrogen-bond donors (Lipinski definition) is 1. The fourth-order valence-corrected chi connectivity index (χ4v) is 4.47. The molecule has 4 heterocycles. The maximum Gasteiger partial charge on any atom is 0.410 e. The zero-order chi connectivity index (χ0) is 22.2. The number of morpholine rings is 1. The predicted octanol–water partition coefficient (Wildman–Crippen LogP) is 1.36. The molecule has 3 atom stereocenters. The van der Waals surface area contributed by atoms with E-state index in [9.17, 15) is 22.8 Å². The van der Waals surface area contributed by atoms with E-state index < -0.39 is 36.3 Å². The molecule has 1 aromatic rings. The third-order valence-corrected chi connectivity index (χ3v) is 6.10. The van der Waals surface area contributed by atoms with Crippen LogP contribution in [0.1, 0.15) is 19.8 Å². The van der Waals surface area contributed by atoms with Gasteiger partial charge in [-0.05, 0) is 19.8 Å². The van der Waals surface area contributed by atoms with Crippen molar-refractivity contribution in [2.45, 2.75) is 44.1 Å². The number of aromatic amines is 1. The van der Waals surface area contributed by atoms with Crippen LogP contribution in [0, 0.1) is 0 Å². The number of amides is 1. The zero-order valence-electron chi connectivity index (χ0n) is 17.4. The number of carbonyl (C=O) groups is 1. The Kier molecular flexibility index (Phi) is 6.16. The lowest BCUT2D eigenvalue weighted by atomic mass is 10.1. The molecule has 3 fully saturated rings. The minimum absolute atomic E-state index is 0.00249. The second-order valence-electron chi connectivity index (χ2n) is 8.24. The first-order valence-corrected chi connectivity index (χ1v) is 10.6. The van der Waals surface area contributed by atoms with Gasteiger partial charge in [-0.2, -0.15) is 13.2 Å². The van der Waals surface area contributed by atoms with Gasteiger partial charge in [-0.1, -0.05) is 0 Å². The lowest BCUT2D eigenvalue weighted by Gasteiger charge is -2.43. The van der Waals surface area contributed by atoms with Crippen molar-refractivity contribution in [1.82, 2.24) is 9.88 Å². The van der Waals surface area contributed by atoms with E-state index in [0.717, 1.165) is 11.3 Å². The second kappa shape index (κ2) is 8.70. The highest BCUT2D eigenvalue weighted by atomic mass is 19.4. The van der Waals surface area contributed by atoms with Gasteiger partial charge in [0.05, 0.1) is 19.8 Å².